The molecular weight excluding hydrogens is 583 g/mol. The van der Waals surface area contributed by atoms with E-state index in [0.29, 0.717) is 36.9 Å². The summed E-state index contributed by atoms with van der Waals surface area (Å²) in [5.74, 6) is -4.54. The standard InChI is InChI=1S/C32H39ClF3N3O4/c1-19-4-5-21(29(36)28(19)35)15-32(3,31(41)42)38-10-11-39(20(2)16-38)30(40)26-18-37(23-8-12-43-13-9-23)17-25(26)24-7-6-22(33)14-27(24)34/h4-7,14,20,23,25-26H,8-13,15-18H2,1-3H3,(H,41,42)/t20-,25-,26+,32-/m0/s1. The molecule has 3 aliphatic heterocycles. The van der Waals surface area contributed by atoms with E-state index in [1.165, 1.54) is 32.0 Å². The summed E-state index contributed by atoms with van der Waals surface area (Å²) in [4.78, 5) is 32.5. The summed E-state index contributed by atoms with van der Waals surface area (Å²) in [5, 5.41) is 10.6. The second-order valence-electron chi connectivity index (χ2n) is 12.4. The third kappa shape index (κ3) is 6.30. The molecule has 3 saturated heterocycles. The van der Waals surface area contributed by atoms with Gasteiger partial charge in [0.15, 0.2) is 11.6 Å². The first-order chi connectivity index (χ1) is 20.4. The van der Waals surface area contributed by atoms with Crippen molar-refractivity contribution in [1.82, 2.24) is 14.7 Å². The third-order valence-electron chi connectivity index (χ3n) is 9.69. The molecule has 0 aromatic heterocycles. The number of halogens is 4. The summed E-state index contributed by atoms with van der Waals surface area (Å²) in [7, 11) is 0. The smallest absolute Gasteiger partial charge is 0.324 e. The van der Waals surface area contributed by atoms with Gasteiger partial charge in [0.05, 0.1) is 5.92 Å². The number of rotatable bonds is 7. The van der Waals surface area contributed by atoms with Crippen LogP contribution in [0.3, 0.4) is 0 Å². The highest BCUT2D eigenvalue weighted by molar-refractivity contribution is 6.30. The largest absolute Gasteiger partial charge is 0.480 e. The number of piperazine rings is 1. The van der Waals surface area contributed by atoms with Crippen molar-refractivity contribution in [3.63, 3.8) is 0 Å². The van der Waals surface area contributed by atoms with Crippen molar-refractivity contribution in [2.45, 2.75) is 63.6 Å². The van der Waals surface area contributed by atoms with Crippen molar-refractivity contribution in [1.29, 1.82) is 0 Å². The van der Waals surface area contributed by atoms with E-state index in [1.807, 2.05) is 6.92 Å². The van der Waals surface area contributed by atoms with Gasteiger partial charge in [-0.15, -0.1) is 0 Å². The first kappa shape index (κ1) is 31.8. The van der Waals surface area contributed by atoms with E-state index in [1.54, 1.807) is 21.9 Å². The number of carboxylic acids is 1. The van der Waals surface area contributed by atoms with Gasteiger partial charge in [-0.05, 0) is 62.4 Å². The molecule has 4 atom stereocenters. The van der Waals surface area contributed by atoms with Crippen LogP contribution < -0.4 is 0 Å². The Morgan fingerprint density at radius 2 is 1.77 bits per heavy atom. The number of hydrogen-bond donors (Lipinski definition) is 1. The average Bonchev–Trinajstić information content (AvgIpc) is 3.42. The number of aryl methyl sites for hydroxylation is 1. The van der Waals surface area contributed by atoms with Gasteiger partial charge in [-0.2, -0.15) is 0 Å². The zero-order valence-corrected chi connectivity index (χ0v) is 25.5. The maximum absolute atomic E-state index is 15.2. The molecule has 0 unspecified atom stereocenters. The van der Waals surface area contributed by atoms with Gasteiger partial charge in [-0.1, -0.05) is 29.8 Å². The molecule has 3 fully saturated rings. The van der Waals surface area contributed by atoms with Gasteiger partial charge in [-0.3, -0.25) is 19.4 Å². The number of benzene rings is 2. The van der Waals surface area contributed by atoms with E-state index < -0.39 is 34.9 Å². The number of likely N-dealkylation sites (tertiary alicyclic amines) is 1. The quantitative estimate of drug-likeness (QED) is 0.475. The Kier molecular flexibility index (Phi) is 9.42. The number of carboxylic acid groups (broad SMARTS) is 1. The summed E-state index contributed by atoms with van der Waals surface area (Å²) in [6.07, 6.45) is 1.47. The first-order valence-corrected chi connectivity index (χ1v) is 15.3. The lowest BCUT2D eigenvalue weighted by Crippen LogP contribution is -2.64. The molecule has 234 valence electrons. The SMILES string of the molecule is Cc1ccc(C[C@@](C)(C(=O)O)N2CCN(C(=O)[C@@H]3CN(C4CCOCC4)C[C@H]3c3ccc(Cl)cc3F)[C@@H](C)C2)c(F)c1F. The molecule has 2 aromatic carbocycles. The van der Waals surface area contributed by atoms with E-state index in [4.69, 9.17) is 16.3 Å². The van der Waals surface area contributed by atoms with Gasteiger partial charge in [0.25, 0.3) is 0 Å². The van der Waals surface area contributed by atoms with Crippen LogP contribution in [-0.4, -0.2) is 95.2 Å². The number of nitrogens with zero attached hydrogens (tertiary/aromatic N) is 3. The summed E-state index contributed by atoms with van der Waals surface area (Å²) >= 11 is 6.04. The topological polar surface area (TPSA) is 73.3 Å². The van der Waals surface area contributed by atoms with Crippen LogP contribution in [0.2, 0.25) is 5.02 Å². The van der Waals surface area contributed by atoms with Crippen molar-refractivity contribution < 1.29 is 32.6 Å². The molecule has 5 rings (SSSR count). The fourth-order valence-electron chi connectivity index (χ4n) is 7.01. The van der Waals surface area contributed by atoms with E-state index in [2.05, 4.69) is 4.90 Å². The Hall–Kier alpha value is -2.66. The molecular formula is C32H39ClF3N3O4. The monoisotopic (exact) mass is 621 g/mol. The Balaban J connectivity index is 1.35. The molecule has 0 radical (unpaired) electrons. The number of carbonyl (C=O) groups excluding carboxylic acids is 1. The molecule has 7 nitrogen and oxygen atoms in total. The molecule has 1 amide bonds. The van der Waals surface area contributed by atoms with Crippen LogP contribution in [0.1, 0.15) is 49.3 Å². The molecule has 11 heteroatoms. The van der Waals surface area contributed by atoms with E-state index in [0.717, 1.165) is 12.8 Å². The molecule has 43 heavy (non-hydrogen) atoms. The van der Waals surface area contributed by atoms with Crippen molar-refractivity contribution >= 4 is 23.5 Å². The highest BCUT2D eigenvalue weighted by Gasteiger charge is 2.48. The average molecular weight is 622 g/mol. The first-order valence-electron chi connectivity index (χ1n) is 14.9. The maximum Gasteiger partial charge on any atom is 0.324 e. The predicted octanol–water partition coefficient (Wildman–Crippen LogP) is 4.88. The van der Waals surface area contributed by atoms with E-state index >= 15 is 4.39 Å². The lowest BCUT2D eigenvalue weighted by atomic mass is 9.86. The van der Waals surface area contributed by atoms with Gasteiger partial charge in [-0.25, -0.2) is 13.2 Å². The summed E-state index contributed by atoms with van der Waals surface area (Å²) in [6.45, 7) is 7.91. The lowest BCUT2D eigenvalue weighted by molar-refractivity contribution is -0.154. The molecule has 0 saturated carbocycles. The molecule has 2 aromatic rings. The molecule has 3 heterocycles. The Bertz CT molecular complexity index is 1370. The normalized spacial score (nSPS) is 25.6. The minimum absolute atomic E-state index is 0.00819. The minimum Gasteiger partial charge on any atom is -0.480 e. The lowest BCUT2D eigenvalue weighted by Gasteiger charge is -2.47. The fraction of sp³-hybridized carbons (Fsp3) is 0.562. The second kappa shape index (κ2) is 12.8. The van der Waals surface area contributed by atoms with Crippen LogP contribution in [-0.2, 0) is 20.7 Å². The zero-order chi connectivity index (χ0) is 31.1. The van der Waals surface area contributed by atoms with Crippen LogP contribution >= 0.6 is 11.6 Å². The predicted molar refractivity (Wildman–Crippen MR) is 157 cm³/mol. The van der Waals surface area contributed by atoms with Gasteiger partial charge in [0.2, 0.25) is 5.91 Å². The number of aliphatic carboxylic acids is 1. The third-order valence-corrected chi connectivity index (χ3v) is 9.93. The van der Waals surface area contributed by atoms with Gasteiger partial charge in [0.1, 0.15) is 11.4 Å². The minimum atomic E-state index is -1.52. The summed E-state index contributed by atoms with van der Waals surface area (Å²) < 4.78 is 49.7. The Morgan fingerprint density at radius 3 is 2.42 bits per heavy atom. The van der Waals surface area contributed by atoms with Crippen molar-refractivity contribution in [2.24, 2.45) is 5.92 Å². The van der Waals surface area contributed by atoms with Crippen LogP contribution in [0.5, 0.6) is 0 Å². The van der Waals surface area contributed by atoms with Crippen LogP contribution in [0.25, 0.3) is 0 Å². The highest BCUT2D eigenvalue weighted by Crippen LogP contribution is 2.39. The summed E-state index contributed by atoms with van der Waals surface area (Å²) in [6, 6.07) is 7.37. The molecule has 3 aliphatic rings. The van der Waals surface area contributed by atoms with E-state index in [-0.39, 0.29) is 61.1 Å². The van der Waals surface area contributed by atoms with Crippen molar-refractivity contribution in [2.75, 3.05) is 45.9 Å². The second-order valence-corrected chi connectivity index (χ2v) is 12.9. The maximum atomic E-state index is 15.2. The van der Waals surface area contributed by atoms with Crippen molar-refractivity contribution in [3.05, 3.63) is 69.5 Å². The van der Waals surface area contributed by atoms with E-state index in [9.17, 15) is 23.5 Å². The van der Waals surface area contributed by atoms with Crippen LogP contribution in [0.4, 0.5) is 13.2 Å². The fourth-order valence-corrected chi connectivity index (χ4v) is 7.17. The Labute approximate surface area is 255 Å². The molecule has 0 aliphatic carbocycles. The summed E-state index contributed by atoms with van der Waals surface area (Å²) in [5.41, 5.74) is -0.910. The Morgan fingerprint density at radius 1 is 1.05 bits per heavy atom. The van der Waals surface area contributed by atoms with Gasteiger partial charge < -0.3 is 14.7 Å². The number of carbonyl (C=O) groups is 2. The number of ether oxygens (including phenoxy) is 1. The number of hydrogen-bond acceptors (Lipinski definition) is 5. The highest BCUT2D eigenvalue weighted by atomic mass is 35.5. The van der Waals surface area contributed by atoms with Crippen LogP contribution in [0.15, 0.2) is 30.3 Å². The van der Waals surface area contributed by atoms with Crippen molar-refractivity contribution in [3.8, 4) is 0 Å². The molecule has 0 spiro atoms. The van der Waals surface area contributed by atoms with Crippen LogP contribution in [0, 0.1) is 30.3 Å². The van der Waals surface area contributed by atoms with Gasteiger partial charge >= 0.3 is 5.97 Å². The van der Waals surface area contributed by atoms with Gasteiger partial charge in [0, 0.05) is 75.4 Å². The molecule has 1 N–H and O–H groups in total. The molecule has 0 bridgehead atoms. The number of amides is 1. The zero-order valence-electron chi connectivity index (χ0n) is 24.8.